The number of aromatic nitrogens is 4. The molecule has 0 spiro atoms. The van der Waals surface area contributed by atoms with Gasteiger partial charge in [-0.3, -0.25) is 0 Å². The summed E-state index contributed by atoms with van der Waals surface area (Å²) in [4.78, 5) is 14.9. The van der Waals surface area contributed by atoms with Gasteiger partial charge in [-0.1, -0.05) is 0 Å². The second-order valence-electron chi connectivity index (χ2n) is 3.39. The number of nitrogens with zero attached hydrogens (tertiary/aromatic N) is 5. The zero-order valence-electron chi connectivity index (χ0n) is 8.01. The molecule has 5 nitrogen and oxygen atoms in total. The van der Waals surface area contributed by atoms with Crippen molar-refractivity contribution in [2.45, 2.75) is 13.5 Å². The molecule has 3 aliphatic rings. The summed E-state index contributed by atoms with van der Waals surface area (Å²) in [6.45, 7) is 5.20. The van der Waals surface area contributed by atoms with Crippen LogP contribution in [0.4, 0.5) is 5.82 Å². The van der Waals surface area contributed by atoms with Crippen LogP contribution in [0.15, 0.2) is 12.7 Å². The van der Waals surface area contributed by atoms with Gasteiger partial charge in [0.2, 0.25) is 0 Å². The first-order valence-electron chi connectivity index (χ1n) is 4.81. The predicted octanol–water partition coefficient (Wildman–Crippen LogP) is 0.618. The van der Waals surface area contributed by atoms with Crippen LogP contribution in [0, 0.1) is 0 Å². The van der Waals surface area contributed by atoms with Crippen LogP contribution in [0.3, 0.4) is 0 Å². The van der Waals surface area contributed by atoms with E-state index < -0.39 is 0 Å². The second-order valence-corrected chi connectivity index (χ2v) is 3.39. The SMILES string of the molecule is CCN1CCn2cnc3ncnc-3c21. The highest BCUT2D eigenvalue weighted by Crippen LogP contribution is 2.30. The third-order valence-corrected chi connectivity index (χ3v) is 2.67. The molecule has 3 rings (SSSR count). The van der Waals surface area contributed by atoms with E-state index in [-0.39, 0.29) is 0 Å². The van der Waals surface area contributed by atoms with E-state index in [2.05, 4.69) is 31.3 Å². The Hall–Kier alpha value is -1.65. The largest absolute Gasteiger partial charge is 0.355 e. The van der Waals surface area contributed by atoms with Crippen molar-refractivity contribution in [2.75, 3.05) is 18.0 Å². The molecule has 5 heteroatoms. The number of anilines is 1. The molecular formula is C9H11N5. The lowest BCUT2D eigenvalue weighted by molar-refractivity contribution is 0.762. The van der Waals surface area contributed by atoms with Crippen LogP contribution in [0.5, 0.6) is 0 Å². The first-order chi connectivity index (χ1) is 6.90. The van der Waals surface area contributed by atoms with Crippen molar-refractivity contribution in [3.05, 3.63) is 12.7 Å². The Morgan fingerprint density at radius 2 is 2.21 bits per heavy atom. The summed E-state index contributed by atoms with van der Waals surface area (Å²) < 4.78 is 2.14. The Labute approximate surface area is 81.8 Å². The standard InChI is InChI=1S/C9H11N5/c1-2-13-3-4-14-6-12-8-7(9(13)14)10-5-11-8/h5-6H,2-4H2,1H3. The summed E-state index contributed by atoms with van der Waals surface area (Å²) in [7, 11) is 0. The first kappa shape index (κ1) is 7.73. The minimum Gasteiger partial charge on any atom is -0.355 e. The number of likely N-dealkylation sites (N-methyl/N-ethyl adjacent to an activating group) is 1. The quantitative estimate of drug-likeness (QED) is 0.659. The van der Waals surface area contributed by atoms with Gasteiger partial charge in [0.1, 0.15) is 12.1 Å². The first-order valence-corrected chi connectivity index (χ1v) is 4.81. The summed E-state index contributed by atoms with van der Waals surface area (Å²) in [6, 6.07) is 0. The van der Waals surface area contributed by atoms with Gasteiger partial charge >= 0.3 is 0 Å². The van der Waals surface area contributed by atoms with Crippen LogP contribution in [0.2, 0.25) is 0 Å². The maximum atomic E-state index is 4.25. The van der Waals surface area contributed by atoms with Crippen LogP contribution >= 0.6 is 0 Å². The van der Waals surface area contributed by atoms with Gasteiger partial charge < -0.3 is 9.47 Å². The van der Waals surface area contributed by atoms with Crippen molar-refractivity contribution < 1.29 is 0 Å². The van der Waals surface area contributed by atoms with Gasteiger partial charge in [-0.05, 0) is 6.92 Å². The molecule has 0 aromatic carbocycles. The Kier molecular flexibility index (Phi) is 1.47. The minimum atomic E-state index is 0.747. The fourth-order valence-corrected chi connectivity index (χ4v) is 1.96. The van der Waals surface area contributed by atoms with Crippen LogP contribution in [0.25, 0.3) is 11.5 Å². The molecule has 0 aliphatic carbocycles. The second kappa shape index (κ2) is 2.67. The predicted molar refractivity (Wildman–Crippen MR) is 52.3 cm³/mol. The molecule has 3 aliphatic heterocycles. The number of fused-ring (bicyclic) bond motifs is 3. The molecular weight excluding hydrogens is 178 g/mol. The lowest BCUT2D eigenvalue weighted by atomic mass is 10.3. The Balaban J connectivity index is 2.25. The fraction of sp³-hybridized carbons (Fsp3) is 0.444. The van der Waals surface area contributed by atoms with Crippen molar-refractivity contribution in [3.8, 4) is 11.5 Å². The molecule has 0 radical (unpaired) electrons. The van der Waals surface area contributed by atoms with Crippen molar-refractivity contribution in [3.63, 3.8) is 0 Å². The van der Waals surface area contributed by atoms with E-state index in [0.29, 0.717) is 0 Å². The van der Waals surface area contributed by atoms with Gasteiger partial charge in [0.05, 0.1) is 6.33 Å². The van der Waals surface area contributed by atoms with Crippen LogP contribution in [0.1, 0.15) is 6.92 Å². The zero-order chi connectivity index (χ0) is 9.54. The van der Waals surface area contributed by atoms with Gasteiger partial charge in [0.15, 0.2) is 11.5 Å². The van der Waals surface area contributed by atoms with E-state index in [4.69, 9.17) is 0 Å². The van der Waals surface area contributed by atoms with Gasteiger partial charge in [-0.25, -0.2) is 15.0 Å². The maximum Gasteiger partial charge on any atom is 0.184 e. The van der Waals surface area contributed by atoms with E-state index >= 15 is 0 Å². The van der Waals surface area contributed by atoms with Gasteiger partial charge in [0, 0.05) is 19.6 Å². The monoisotopic (exact) mass is 189 g/mol. The van der Waals surface area contributed by atoms with Gasteiger partial charge in [0.25, 0.3) is 0 Å². The minimum absolute atomic E-state index is 0.747. The highest BCUT2D eigenvalue weighted by molar-refractivity contribution is 5.69. The summed E-state index contributed by atoms with van der Waals surface area (Å²) in [5, 5.41) is 0. The van der Waals surface area contributed by atoms with E-state index in [1.807, 2.05) is 6.33 Å². The Morgan fingerprint density at radius 1 is 1.29 bits per heavy atom. The van der Waals surface area contributed by atoms with Crippen LogP contribution in [-0.4, -0.2) is 32.6 Å². The summed E-state index contributed by atoms with van der Waals surface area (Å²) in [5.41, 5.74) is 0.923. The summed E-state index contributed by atoms with van der Waals surface area (Å²) in [6.07, 6.45) is 3.42. The molecule has 0 saturated heterocycles. The van der Waals surface area contributed by atoms with Gasteiger partial charge in [-0.15, -0.1) is 0 Å². The van der Waals surface area contributed by atoms with E-state index in [0.717, 1.165) is 37.0 Å². The average Bonchev–Trinajstić information content (AvgIpc) is 2.82. The number of rotatable bonds is 1. The topological polar surface area (TPSA) is 46.8 Å². The molecule has 14 heavy (non-hydrogen) atoms. The molecule has 0 saturated carbocycles. The van der Waals surface area contributed by atoms with Crippen molar-refractivity contribution in [1.82, 2.24) is 19.5 Å². The van der Waals surface area contributed by atoms with Crippen LogP contribution in [-0.2, 0) is 6.54 Å². The third kappa shape index (κ3) is 0.865. The zero-order valence-corrected chi connectivity index (χ0v) is 8.01. The smallest absolute Gasteiger partial charge is 0.184 e. The summed E-state index contributed by atoms with van der Waals surface area (Å²) in [5.74, 6) is 1.91. The molecule has 0 bridgehead atoms. The molecule has 0 fully saturated rings. The third-order valence-electron chi connectivity index (χ3n) is 2.67. The molecule has 0 aromatic heterocycles. The molecule has 0 N–H and O–H groups in total. The molecule has 72 valence electrons. The average molecular weight is 189 g/mol. The van der Waals surface area contributed by atoms with Gasteiger partial charge in [-0.2, -0.15) is 0 Å². The van der Waals surface area contributed by atoms with Crippen LogP contribution < -0.4 is 4.90 Å². The van der Waals surface area contributed by atoms with Crippen molar-refractivity contribution >= 4 is 5.82 Å². The van der Waals surface area contributed by atoms with E-state index in [1.54, 1.807) is 6.33 Å². The van der Waals surface area contributed by atoms with E-state index in [9.17, 15) is 0 Å². The number of hydrogen-bond acceptors (Lipinski definition) is 4. The summed E-state index contributed by atoms with van der Waals surface area (Å²) >= 11 is 0. The number of hydrogen-bond donors (Lipinski definition) is 0. The number of imidazole rings is 1. The highest BCUT2D eigenvalue weighted by atomic mass is 15.3. The fourth-order valence-electron chi connectivity index (χ4n) is 1.96. The maximum absolute atomic E-state index is 4.25. The van der Waals surface area contributed by atoms with Crippen molar-refractivity contribution in [1.29, 1.82) is 0 Å². The molecule has 0 atom stereocenters. The molecule has 0 unspecified atom stereocenters. The molecule has 0 amide bonds. The normalized spacial score (nSPS) is 15.1. The molecule has 0 aromatic rings. The molecule has 3 heterocycles. The van der Waals surface area contributed by atoms with Crippen molar-refractivity contribution in [2.24, 2.45) is 0 Å². The highest BCUT2D eigenvalue weighted by Gasteiger charge is 2.24. The lowest BCUT2D eigenvalue weighted by Crippen LogP contribution is -2.20. The Bertz CT molecular complexity index is 435. The Morgan fingerprint density at radius 3 is 3.07 bits per heavy atom. The lowest BCUT2D eigenvalue weighted by Gasteiger charge is -2.16. The van der Waals surface area contributed by atoms with E-state index in [1.165, 1.54) is 0 Å².